The minimum atomic E-state index is 0.517. The van der Waals surface area contributed by atoms with E-state index in [9.17, 15) is 0 Å². The molecule has 1 atom stereocenters. The van der Waals surface area contributed by atoms with E-state index in [4.69, 9.17) is 4.74 Å². The highest BCUT2D eigenvalue weighted by molar-refractivity contribution is 7.09. The van der Waals surface area contributed by atoms with Crippen LogP contribution in [0.4, 0.5) is 0 Å². The molecule has 3 nitrogen and oxygen atoms in total. The predicted octanol–water partition coefficient (Wildman–Crippen LogP) is 2.54. The van der Waals surface area contributed by atoms with Crippen LogP contribution in [0.2, 0.25) is 0 Å². The first-order valence-corrected chi connectivity index (χ1v) is 6.89. The Labute approximate surface area is 101 Å². The standard InChI is InChI=1S/C12H20N2OS/c1-9(2)13-6-11-8-16-12(14-11)10-4-3-5-15-7-10/h8-10,13H,3-7H2,1-2H3. The van der Waals surface area contributed by atoms with E-state index in [0.717, 1.165) is 19.8 Å². The zero-order chi connectivity index (χ0) is 11.4. The van der Waals surface area contributed by atoms with Gasteiger partial charge in [-0.25, -0.2) is 4.98 Å². The molecule has 0 aliphatic carbocycles. The van der Waals surface area contributed by atoms with Crippen LogP contribution < -0.4 is 5.32 Å². The van der Waals surface area contributed by atoms with Crippen LogP contribution in [0.3, 0.4) is 0 Å². The third kappa shape index (κ3) is 3.27. The molecule has 1 unspecified atom stereocenters. The molecule has 2 heterocycles. The molecular weight excluding hydrogens is 220 g/mol. The number of aromatic nitrogens is 1. The van der Waals surface area contributed by atoms with E-state index in [2.05, 4.69) is 29.5 Å². The topological polar surface area (TPSA) is 34.1 Å². The van der Waals surface area contributed by atoms with Crippen LogP contribution >= 0.6 is 11.3 Å². The van der Waals surface area contributed by atoms with Gasteiger partial charge in [-0.2, -0.15) is 0 Å². The number of hydrogen-bond donors (Lipinski definition) is 1. The Morgan fingerprint density at radius 3 is 3.19 bits per heavy atom. The molecular formula is C12H20N2OS. The number of nitrogens with one attached hydrogen (secondary N) is 1. The van der Waals surface area contributed by atoms with Crippen LogP contribution in [-0.4, -0.2) is 24.2 Å². The third-order valence-electron chi connectivity index (χ3n) is 2.77. The molecule has 16 heavy (non-hydrogen) atoms. The molecule has 1 N–H and O–H groups in total. The molecule has 0 aromatic carbocycles. The lowest BCUT2D eigenvalue weighted by Crippen LogP contribution is -2.22. The highest BCUT2D eigenvalue weighted by atomic mass is 32.1. The van der Waals surface area contributed by atoms with Crippen LogP contribution in [-0.2, 0) is 11.3 Å². The van der Waals surface area contributed by atoms with Crippen molar-refractivity contribution in [1.29, 1.82) is 0 Å². The van der Waals surface area contributed by atoms with Gasteiger partial charge in [0, 0.05) is 30.5 Å². The maximum Gasteiger partial charge on any atom is 0.0982 e. The minimum absolute atomic E-state index is 0.517. The van der Waals surface area contributed by atoms with Crippen LogP contribution in [0, 0.1) is 0 Å². The van der Waals surface area contributed by atoms with E-state index >= 15 is 0 Å². The largest absolute Gasteiger partial charge is 0.381 e. The van der Waals surface area contributed by atoms with Gasteiger partial charge in [0.05, 0.1) is 17.3 Å². The van der Waals surface area contributed by atoms with Crippen LogP contribution in [0.5, 0.6) is 0 Å². The second-order valence-electron chi connectivity index (χ2n) is 4.63. The summed E-state index contributed by atoms with van der Waals surface area (Å²) in [6.45, 7) is 6.96. The quantitative estimate of drug-likeness (QED) is 0.878. The molecule has 1 saturated heterocycles. The summed E-state index contributed by atoms with van der Waals surface area (Å²) >= 11 is 1.78. The van der Waals surface area contributed by atoms with Crippen molar-refractivity contribution in [3.8, 4) is 0 Å². The van der Waals surface area contributed by atoms with Gasteiger partial charge in [-0.1, -0.05) is 13.8 Å². The fourth-order valence-electron chi connectivity index (χ4n) is 1.84. The average molecular weight is 240 g/mol. The molecule has 0 amide bonds. The summed E-state index contributed by atoms with van der Waals surface area (Å²) in [5.41, 5.74) is 1.17. The number of nitrogens with zero attached hydrogens (tertiary/aromatic N) is 1. The van der Waals surface area contributed by atoms with E-state index in [1.54, 1.807) is 11.3 Å². The summed E-state index contributed by atoms with van der Waals surface area (Å²) in [6.07, 6.45) is 2.40. The van der Waals surface area contributed by atoms with Gasteiger partial charge in [0.2, 0.25) is 0 Å². The first-order chi connectivity index (χ1) is 7.75. The van der Waals surface area contributed by atoms with E-state index in [0.29, 0.717) is 12.0 Å². The number of rotatable bonds is 4. The number of thiazole rings is 1. The maximum atomic E-state index is 5.49. The maximum absolute atomic E-state index is 5.49. The monoisotopic (exact) mass is 240 g/mol. The van der Waals surface area contributed by atoms with Crippen LogP contribution in [0.1, 0.15) is 43.3 Å². The second-order valence-corrected chi connectivity index (χ2v) is 5.52. The van der Waals surface area contributed by atoms with Gasteiger partial charge in [-0.3, -0.25) is 0 Å². The Hall–Kier alpha value is -0.450. The van der Waals surface area contributed by atoms with Gasteiger partial charge in [0.25, 0.3) is 0 Å². The van der Waals surface area contributed by atoms with Crippen LogP contribution in [0.15, 0.2) is 5.38 Å². The molecule has 0 spiro atoms. The normalized spacial score (nSPS) is 21.6. The molecule has 0 bridgehead atoms. The summed E-state index contributed by atoms with van der Waals surface area (Å²) in [5, 5.41) is 6.81. The fourth-order valence-corrected chi connectivity index (χ4v) is 2.78. The van der Waals surface area contributed by atoms with Crippen molar-refractivity contribution in [2.24, 2.45) is 0 Å². The molecule has 2 rings (SSSR count). The molecule has 90 valence electrons. The van der Waals surface area contributed by atoms with Crippen molar-refractivity contribution < 1.29 is 4.74 Å². The zero-order valence-electron chi connectivity index (χ0n) is 10.0. The van der Waals surface area contributed by atoms with E-state index in [1.807, 2.05) is 0 Å². The molecule has 1 aliphatic rings. The Balaban J connectivity index is 1.90. The lowest BCUT2D eigenvalue weighted by atomic mass is 10.0. The van der Waals surface area contributed by atoms with Gasteiger partial charge in [0.1, 0.15) is 0 Å². The molecule has 1 aromatic heterocycles. The summed E-state index contributed by atoms with van der Waals surface area (Å²) in [7, 11) is 0. The van der Waals surface area contributed by atoms with E-state index < -0.39 is 0 Å². The fraction of sp³-hybridized carbons (Fsp3) is 0.750. The van der Waals surface area contributed by atoms with E-state index in [1.165, 1.54) is 23.5 Å². The van der Waals surface area contributed by atoms with Crippen molar-refractivity contribution in [3.05, 3.63) is 16.1 Å². The first-order valence-electron chi connectivity index (χ1n) is 6.01. The van der Waals surface area contributed by atoms with Crippen molar-refractivity contribution in [2.75, 3.05) is 13.2 Å². The molecule has 1 aliphatic heterocycles. The summed E-state index contributed by atoms with van der Waals surface area (Å²) in [4.78, 5) is 4.68. The molecule has 0 radical (unpaired) electrons. The van der Waals surface area contributed by atoms with Gasteiger partial charge in [-0.05, 0) is 12.8 Å². The number of hydrogen-bond acceptors (Lipinski definition) is 4. The Bertz CT molecular complexity index is 319. The summed E-state index contributed by atoms with van der Waals surface area (Å²) in [5.74, 6) is 0.534. The highest BCUT2D eigenvalue weighted by Crippen LogP contribution is 2.27. The van der Waals surface area contributed by atoms with Gasteiger partial charge in [0.15, 0.2) is 0 Å². The van der Waals surface area contributed by atoms with Crippen molar-refractivity contribution in [3.63, 3.8) is 0 Å². The molecule has 4 heteroatoms. The molecule has 1 fully saturated rings. The minimum Gasteiger partial charge on any atom is -0.381 e. The predicted molar refractivity (Wildman–Crippen MR) is 66.9 cm³/mol. The number of ether oxygens (including phenoxy) is 1. The summed E-state index contributed by atoms with van der Waals surface area (Å²) < 4.78 is 5.49. The van der Waals surface area contributed by atoms with Crippen molar-refractivity contribution in [2.45, 2.75) is 45.2 Å². The molecule has 1 aromatic rings. The van der Waals surface area contributed by atoms with Gasteiger partial charge < -0.3 is 10.1 Å². The van der Waals surface area contributed by atoms with Crippen molar-refractivity contribution >= 4 is 11.3 Å². The Morgan fingerprint density at radius 1 is 1.62 bits per heavy atom. The summed E-state index contributed by atoms with van der Waals surface area (Å²) in [6, 6.07) is 0.517. The lowest BCUT2D eigenvalue weighted by Gasteiger charge is -2.19. The second kappa shape index (κ2) is 5.75. The lowest BCUT2D eigenvalue weighted by molar-refractivity contribution is 0.0803. The van der Waals surface area contributed by atoms with Gasteiger partial charge in [-0.15, -0.1) is 11.3 Å². The molecule has 0 saturated carbocycles. The third-order valence-corrected chi connectivity index (χ3v) is 3.83. The first kappa shape index (κ1) is 12.0. The Kier molecular flexibility index (Phi) is 4.32. The Morgan fingerprint density at radius 2 is 2.50 bits per heavy atom. The average Bonchev–Trinajstić information content (AvgIpc) is 2.76. The van der Waals surface area contributed by atoms with E-state index in [-0.39, 0.29) is 0 Å². The van der Waals surface area contributed by atoms with Crippen LogP contribution in [0.25, 0.3) is 0 Å². The zero-order valence-corrected chi connectivity index (χ0v) is 10.8. The van der Waals surface area contributed by atoms with Crippen molar-refractivity contribution in [1.82, 2.24) is 10.3 Å². The SMILES string of the molecule is CC(C)NCc1csc(C2CCCOC2)n1. The smallest absolute Gasteiger partial charge is 0.0982 e. The van der Waals surface area contributed by atoms with Gasteiger partial charge >= 0.3 is 0 Å². The highest BCUT2D eigenvalue weighted by Gasteiger charge is 2.19.